The molecule has 4 heterocycles. The predicted octanol–water partition coefficient (Wildman–Crippen LogP) is 12.6. The minimum Gasteiger partial charge on any atom is -0.309 e. The minimum atomic E-state index is 0.628. The molecule has 0 amide bonds. The Labute approximate surface area is 312 Å². The van der Waals surface area contributed by atoms with Crippen LogP contribution in [0.4, 0.5) is 0 Å². The Morgan fingerprint density at radius 2 is 1.06 bits per heavy atom. The number of rotatable bonds is 5. The fourth-order valence-corrected chi connectivity index (χ4v) is 9.54. The van der Waals surface area contributed by atoms with Crippen LogP contribution in [0.2, 0.25) is 0 Å². The molecule has 0 aliphatic heterocycles. The Morgan fingerprint density at radius 3 is 1.87 bits per heavy atom. The van der Waals surface area contributed by atoms with Crippen molar-refractivity contribution in [3.05, 3.63) is 164 Å². The number of aromatic nitrogens is 5. The Kier molecular flexibility index (Phi) is 6.83. The molecule has 7 aromatic carbocycles. The van der Waals surface area contributed by atoms with Crippen LogP contribution in [-0.2, 0) is 0 Å². The summed E-state index contributed by atoms with van der Waals surface area (Å²) >= 11 is 3.52. The van der Waals surface area contributed by atoms with Gasteiger partial charge in [0.05, 0.1) is 21.3 Å². The zero-order valence-electron chi connectivity index (χ0n) is 28.1. The van der Waals surface area contributed by atoms with E-state index in [0.717, 1.165) is 54.9 Å². The third-order valence-electron chi connectivity index (χ3n) is 9.89. The summed E-state index contributed by atoms with van der Waals surface area (Å²) < 4.78 is 5.92. The van der Waals surface area contributed by atoms with E-state index in [0.29, 0.717) is 17.5 Å². The van der Waals surface area contributed by atoms with E-state index in [1.807, 2.05) is 24.3 Å². The molecule has 0 fully saturated rings. The Balaban J connectivity index is 1.11. The molecule has 0 atom stereocenters. The number of fused-ring (bicyclic) bond motifs is 7. The second-order valence-electron chi connectivity index (χ2n) is 13.1. The first-order valence-electron chi connectivity index (χ1n) is 17.5. The summed E-state index contributed by atoms with van der Waals surface area (Å²) in [5.74, 6) is 1.91. The van der Waals surface area contributed by atoms with E-state index in [4.69, 9.17) is 19.9 Å². The number of para-hydroxylation sites is 3. The Hall–Kier alpha value is -6.54. The molecule has 0 unspecified atom stereocenters. The molecule has 5 nitrogen and oxygen atoms in total. The van der Waals surface area contributed by atoms with Crippen LogP contribution in [0, 0.1) is 0 Å². The number of benzene rings is 7. The number of hydrogen-bond acceptors (Lipinski definition) is 6. The van der Waals surface area contributed by atoms with Crippen molar-refractivity contribution in [3.63, 3.8) is 0 Å². The van der Waals surface area contributed by atoms with E-state index in [2.05, 4.69) is 144 Å². The van der Waals surface area contributed by atoms with Gasteiger partial charge in [0.25, 0.3) is 0 Å². The van der Waals surface area contributed by atoms with E-state index < -0.39 is 0 Å². The van der Waals surface area contributed by atoms with E-state index in [1.165, 1.54) is 30.3 Å². The van der Waals surface area contributed by atoms with Crippen LogP contribution >= 0.6 is 22.7 Å². The van der Waals surface area contributed by atoms with E-state index >= 15 is 0 Å². The van der Waals surface area contributed by atoms with E-state index in [-0.39, 0.29) is 0 Å². The summed E-state index contributed by atoms with van der Waals surface area (Å²) in [6.45, 7) is 0. The number of hydrogen-bond donors (Lipinski definition) is 0. The molecule has 11 rings (SSSR count). The van der Waals surface area contributed by atoms with Crippen LogP contribution < -0.4 is 0 Å². The SMILES string of the molecule is c1ccc(-c2nc(-c3cccc(-n4c5ccccc5c5ccccc54)c3)nc(-c3cccc4sc5ccc(-c6nc7ccccc7s6)cc5c34)n2)cc1. The second kappa shape index (κ2) is 12.0. The largest absolute Gasteiger partial charge is 0.309 e. The minimum absolute atomic E-state index is 0.628. The summed E-state index contributed by atoms with van der Waals surface area (Å²) in [6, 6.07) is 57.3. The van der Waals surface area contributed by atoms with Gasteiger partial charge in [0.1, 0.15) is 5.01 Å². The third-order valence-corrected chi connectivity index (χ3v) is 12.1. The van der Waals surface area contributed by atoms with Gasteiger partial charge in [-0.2, -0.15) is 0 Å². The molecule has 11 aromatic rings. The Bertz CT molecular complexity index is 3110. The summed E-state index contributed by atoms with van der Waals surface area (Å²) in [4.78, 5) is 20.5. The molecule has 0 radical (unpaired) electrons. The van der Waals surface area contributed by atoms with Crippen molar-refractivity contribution < 1.29 is 0 Å². The van der Waals surface area contributed by atoms with Crippen LogP contribution in [0.1, 0.15) is 0 Å². The Morgan fingerprint density at radius 1 is 0.396 bits per heavy atom. The maximum atomic E-state index is 5.26. The molecule has 53 heavy (non-hydrogen) atoms. The van der Waals surface area contributed by atoms with Crippen molar-refractivity contribution in [2.45, 2.75) is 0 Å². The molecule has 0 N–H and O–H groups in total. The van der Waals surface area contributed by atoms with Crippen LogP contribution in [0.3, 0.4) is 0 Å². The van der Waals surface area contributed by atoms with E-state index in [9.17, 15) is 0 Å². The second-order valence-corrected chi connectivity index (χ2v) is 15.2. The normalized spacial score (nSPS) is 11.8. The molecule has 248 valence electrons. The van der Waals surface area contributed by atoms with Gasteiger partial charge in [0, 0.05) is 58.9 Å². The summed E-state index contributed by atoms with van der Waals surface area (Å²) in [6.07, 6.45) is 0. The van der Waals surface area contributed by atoms with Gasteiger partial charge >= 0.3 is 0 Å². The van der Waals surface area contributed by atoms with Gasteiger partial charge in [-0.15, -0.1) is 22.7 Å². The van der Waals surface area contributed by atoms with Crippen LogP contribution in [-0.4, -0.2) is 24.5 Å². The summed E-state index contributed by atoms with van der Waals surface area (Å²) in [5.41, 5.74) is 8.35. The maximum Gasteiger partial charge on any atom is 0.164 e. The fraction of sp³-hybridized carbons (Fsp3) is 0. The quantitative estimate of drug-likeness (QED) is 0.178. The van der Waals surface area contributed by atoms with Crippen LogP contribution in [0.5, 0.6) is 0 Å². The third kappa shape index (κ3) is 4.97. The zero-order valence-corrected chi connectivity index (χ0v) is 29.8. The van der Waals surface area contributed by atoms with Crippen molar-refractivity contribution in [2.24, 2.45) is 0 Å². The standard InChI is InChI=1S/C46H27N5S2/c1-2-12-28(13-3-1)43-48-44(29-14-10-15-31(26-29)51-37-20-7-4-16-32(37)33-17-5-8-21-38(33)51)50-45(49-43)34-18-11-23-41-42(34)35-27-30(24-25-39(35)52-41)46-47-36-19-6-9-22-40(36)53-46/h1-27H. The first kappa shape index (κ1) is 30.1. The smallest absolute Gasteiger partial charge is 0.164 e. The molecule has 4 aromatic heterocycles. The predicted molar refractivity (Wildman–Crippen MR) is 222 cm³/mol. The molecule has 0 aliphatic carbocycles. The lowest BCUT2D eigenvalue weighted by Crippen LogP contribution is -2.01. The van der Waals surface area contributed by atoms with Crippen molar-refractivity contribution in [1.29, 1.82) is 0 Å². The molecule has 7 heteroatoms. The number of thiazole rings is 1. The van der Waals surface area contributed by atoms with Gasteiger partial charge in [0.15, 0.2) is 17.5 Å². The van der Waals surface area contributed by atoms with Gasteiger partial charge in [-0.25, -0.2) is 19.9 Å². The topological polar surface area (TPSA) is 56.5 Å². The maximum absolute atomic E-state index is 5.26. The molecular weight excluding hydrogens is 687 g/mol. The number of thiophene rings is 1. The zero-order chi connectivity index (χ0) is 34.9. The molecule has 0 saturated carbocycles. The number of nitrogens with zero attached hydrogens (tertiary/aromatic N) is 5. The first-order valence-corrected chi connectivity index (χ1v) is 19.1. The van der Waals surface area contributed by atoms with E-state index in [1.54, 1.807) is 22.7 Å². The highest BCUT2D eigenvalue weighted by Crippen LogP contribution is 2.42. The molecule has 0 spiro atoms. The van der Waals surface area contributed by atoms with Crippen molar-refractivity contribution in [1.82, 2.24) is 24.5 Å². The lowest BCUT2D eigenvalue weighted by molar-refractivity contribution is 1.07. The molecule has 0 bridgehead atoms. The van der Waals surface area contributed by atoms with Crippen LogP contribution in [0.15, 0.2) is 164 Å². The first-order chi connectivity index (χ1) is 26.2. The van der Waals surface area contributed by atoms with Gasteiger partial charge < -0.3 is 4.57 Å². The highest BCUT2D eigenvalue weighted by molar-refractivity contribution is 7.26. The summed E-state index contributed by atoms with van der Waals surface area (Å²) in [7, 11) is 0. The van der Waals surface area contributed by atoms with Gasteiger partial charge in [-0.05, 0) is 54.6 Å². The molecular formula is C46H27N5S2. The van der Waals surface area contributed by atoms with Crippen LogP contribution in [0.25, 0.3) is 103 Å². The monoisotopic (exact) mass is 713 g/mol. The lowest BCUT2D eigenvalue weighted by atomic mass is 10.0. The van der Waals surface area contributed by atoms with Crippen molar-refractivity contribution in [2.75, 3.05) is 0 Å². The van der Waals surface area contributed by atoms with Crippen molar-refractivity contribution in [3.8, 4) is 50.4 Å². The fourth-order valence-electron chi connectivity index (χ4n) is 7.47. The highest BCUT2D eigenvalue weighted by atomic mass is 32.1. The molecule has 0 saturated heterocycles. The molecule has 0 aliphatic rings. The average Bonchev–Trinajstić information content (AvgIpc) is 3.93. The van der Waals surface area contributed by atoms with Gasteiger partial charge in [-0.1, -0.05) is 109 Å². The van der Waals surface area contributed by atoms with Crippen molar-refractivity contribution >= 4 is 74.9 Å². The summed E-state index contributed by atoms with van der Waals surface area (Å²) in [5, 5.41) is 5.79. The average molecular weight is 714 g/mol. The lowest BCUT2D eigenvalue weighted by Gasteiger charge is -2.12. The van der Waals surface area contributed by atoms with Gasteiger partial charge in [-0.3, -0.25) is 0 Å². The van der Waals surface area contributed by atoms with Gasteiger partial charge in [0.2, 0.25) is 0 Å². The highest BCUT2D eigenvalue weighted by Gasteiger charge is 2.19.